The van der Waals surface area contributed by atoms with Crippen molar-refractivity contribution in [3.63, 3.8) is 0 Å². The highest BCUT2D eigenvalue weighted by Gasteiger charge is 2.14. The van der Waals surface area contributed by atoms with E-state index < -0.39 is 0 Å². The first-order valence-electron chi connectivity index (χ1n) is 7.94. The molecule has 25 heavy (non-hydrogen) atoms. The molecule has 2 heterocycles. The zero-order chi connectivity index (χ0) is 17.2. The third-order valence-corrected chi connectivity index (χ3v) is 4.71. The lowest BCUT2D eigenvalue weighted by Gasteiger charge is -2.10. The number of hydrogen-bond acceptors (Lipinski definition) is 4. The van der Waals surface area contributed by atoms with Gasteiger partial charge in [0.25, 0.3) is 0 Å². The molecule has 0 aliphatic heterocycles. The number of aryl methyl sites for hydroxylation is 1. The Balaban J connectivity index is 1.71. The largest absolute Gasteiger partial charge is 0.331 e. The summed E-state index contributed by atoms with van der Waals surface area (Å²) in [6, 6.07) is 20.3. The van der Waals surface area contributed by atoms with Gasteiger partial charge >= 0.3 is 0 Å². The van der Waals surface area contributed by atoms with Gasteiger partial charge in [0.05, 0.1) is 0 Å². The molecule has 6 heteroatoms. The minimum atomic E-state index is -0.116. The van der Waals surface area contributed by atoms with E-state index in [1.807, 2.05) is 47.9 Å². The average Bonchev–Trinajstić information content (AvgIpc) is 3.19. The lowest BCUT2D eigenvalue weighted by atomic mass is 10.1. The molecule has 0 saturated carbocycles. The zero-order valence-electron chi connectivity index (χ0n) is 13.6. The molecule has 0 saturated heterocycles. The minimum absolute atomic E-state index is 0.116. The van der Waals surface area contributed by atoms with E-state index in [4.69, 9.17) is 0 Å². The second kappa shape index (κ2) is 6.49. The zero-order valence-corrected chi connectivity index (χ0v) is 14.5. The Morgan fingerprint density at radius 3 is 2.60 bits per heavy atom. The molecule has 2 aromatic carbocycles. The summed E-state index contributed by atoms with van der Waals surface area (Å²) < 4.78 is 2.04. The Labute approximate surface area is 149 Å². The van der Waals surface area contributed by atoms with Gasteiger partial charge in [-0.3, -0.25) is 10.1 Å². The second-order valence-corrected chi connectivity index (χ2v) is 6.90. The Bertz CT molecular complexity index is 1040. The van der Waals surface area contributed by atoms with E-state index in [1.165, 1.54) is 11.3 Å². The van der Waals surface area contributed by atoms with Gasteiger partial charge in [0.15, 0.2) is 0 Å². The van der Waals surface area contributed by atoms with E-state index in [0.717, 1.165) is 27.2 Å². The Morgan fingerprint density at radius 1 is 1.08 bits per heavy atom. The highest BCUT2D eigenvalue weighted by molar-refractivity contribution is 7.15. The molecule has 4 rings (SSSR count). The van der Waals surface area contributed by atoms with Crippen LogP contribution in [0.2, 0.25) is 0 Å². The van der Waals surface area contributed by atoms with E-state index >= 15 is 0 Å². The van der Waals surface area contributed by atoms with Crippen LogP contribution < -0.4 is 5.32 Å². The molecule has 0 bridgehead atoms. The van der Waals surface area contributed by atoms with Crippen LogP contribution in [0, 0.1) is 6.92 Å². The molecular weight excluding hydrogens is 332 g/mol. The van der Waals surface area contributed by atoms with Crippen molar-refractivity contribution in [3.05, 3.63) is 65.7 Å². The van der Waals surface area contributed by atoms with Crippen molar-refractivity contribution in [2.24, 2.45) is 0 Å². The van der Waals surface area contributed by atoms with Crippen LogP contribution in [0.3, 0.4) is 0 Å². The van der Waals surface area contributed by atoms with Crippen LogP contribution in [0.15, 0.2) is 60.7 Å². The monoisotopic (exact) mass is 348 g/mol. The molecule has 0 spiro atoms. The number of para-hydroxylation sites is 1. The summed E-state index contributed by atoms with van der Waals surface area (Å²) in [5, 5.41) is 13.2. The summed E-state index contributed by atoms with van der Waals surface area (Å²) in [7, 11) is 0. The standard InChI is InChI=1S/C19H16N4OS/c1-13-21-22-19(25-13)20-18(24)12-23-16-10-6-5-9-15(16)11-17(23)14-7-3-2-4-8-14/h2-11H,12H2,1H3,(H,20,22,24). The van der Waals surface area contributed by atoms with Crippen LogP contribution in [0.5, 0.6) is 0 Å². The highest BCUT2D eigenvalue weighted by atomic mass is 32.1. The molecule has 0 fully saturated rings. The number of amides is 1. The minimum Gasteiger partial charge on any atom is -0.331 e. The summed E-state index contributed by atoms with van der Waals surface area (Å²) in [5.41, 5.74) is 3.13. The van der Waals surface area contributed by atoms with Crippen molar-refractivity contribution >= 4 is 33.3 Å². The van der Waals surface area contributed by atoms with Gasteiger partial charge < -0.3 is 4.57 Å². The third kappa shape index (κ3) is 3.16. The van der Waals surface area contributed by atoms with Crippen molar-refractivity contribution in [2.45, 2.75) is 13.5 Å². The number of carbonyl (C=O) groups excluding carboxylic acids is 1. The van der Waals surface area contributed by atoms with E-state index in [0.29, 0.717) is 5.13 Å². The number of hydrogen-bond donors (Lipinski definition) is 1. The number of nitrogens with zero attached hydrogens (tertiary/aromatic N) is 3. The van der Waals surface area contributed by atoms with Gasteiger partial charge in [0.2, 0.25) is 11.0 Å². The smallest absolute Gasteiger partial charge is 0.246 e. The molecule has 0 aliphatic carbocycles. The van der Waals surface area contributed by atoms with Gasteiger partial charge in [-0.1, -0.05) is 59.9 Å². The van der Waals surface area contributed by atoms with Crippen LogP contribution in [0.25, 0.3) is 22.2 Å². The molecule has 1 amide bonds. The van der Waals surface area contributed by atoms with Crippen LogP contribution >= 0.6 is 11.3 Å². The van der Waals surface area contributed by atoms with Crippen molar-refractivity contribution in [3.8, 4) is 11.3 Å². The molecule has 124 valence electrons. The average molecular weight is 348 g/mol. The fraction of sp³-hybridized carbons (Fsp3) is 0.105. The summed E-state index contributed by atoms with van der Waals surface area (Å²) in [4.78, 5) is 12.5. The first-order valence-corrected chi connectivity index (χ1v) is 8.76. The fourth-order valence-corrected chi connectivity index (χ4v) is 3.49. The number of nitrogens with one attached hydrogen (secondary N) is 1. The highest BCUT2D eigenvalue weighted by Crippen LogP contribution is 2.28. The van der Waals surface area contributed by atoms with Gasteiger partial charge in [-0.05, 0) is 24.6 Å². The topological polar surface area (TPSA) is 59.8 Å². The number of carbonyl (C=O) groups is 1. The number of rotatable bonds is 4. The van der Waals surface area contributed by atoms with Crippen molar-refractivity contribution in [1.82, 2.24) is 14.8 Å². The fourth-order valence-electron chi connectivity index (χ4n) is 2.88. The van der Waals surface area contributed by atoms with Crippen LogP contribution in [0.4, 0.5) is 5.13 Å². The van der Waals surface area contributed by atoms with E-state index in [-0.39, 0.29) is 12.5 Å². The maximum atomic E-state index is 12.5. The summed E-state index contributed by atoms with van der Waals surface area (Å²) in [6.07, 6.45) is 0. The molecule has 0 radical (unpaired) electrons. The molecule has 5 nitrogen and oxygen atoms in total. The molecule has 1 N–H and O–H groups in total. The van der Waals surface area contributed by atoms with Gasteiger partial charge in [0, 0.05) is 16.6 Å². The molecule has 2 aromatic heterocycles. The number of aromatic nitrogens is 3. The molecular formula is C19H16N4OS. The normalized spacial score (nSPS) is 10.9. The predicted octanol–water partition coefficient (Wildman–Crippen LogP) is 4.11. The maximum Gasteiger partial charge on any atom is 0.246 e. The Kier molecular flexibility index (Phi) is 4.03. The molecule has 0 atom stereocenters. The first-order chi connectivity index (χ1) is 12.2. The molecule has 4 aromatic rings. The Morgan fingerprint density at radius 2 is 1.84 bits per heavy atom. The molecule has 0 aliphatic rings. The summed E-state index contributed by atoms with van der Waals surface area (Å²) >= 11 is 1.37. The van der Waals surface area contributed by atoms with Crippen LogP contribution in [-0.4, -0.2) is 20.7 Å². The SMILES string of the molecule is Cc1nnc(NC(=O)Cn2c(-c3ccccc3)cc3ccccc32)s1. The lowest BCUT2D eigenvalue weighted by molar-refractivity contribution is -0.116. The number of anilines is 1. The van der Waals surface area contributed by atoms with Crippen LogP contribution in [-0.2, 0) is 11.3 Å². The Hall–Kier alpha value is -2.99. The van der Waals surface area contributed by atoms with Gasteiger partial charge in [-0.25, -0.2) is 0 Å². The quantitative estimate of drug-likeness (QED) is 0.604. The van der Waals surface area contributed by atoms with Crippen LogP contribution in [0.1, 0.15) is 5.01 Å². The number of fused-ring (bicyclic) bond motifs is 1. The van der Waals surface area contributed by atoms with E-state index in [1.54, 1.807) is 0 Å². The van der Waals surface area contributed by atoms with Gasteiger partial charge in [-0.15, -0.1) is 10.2 Å². The summed E-state index contributed by atoms with van der Waals surface area (Å²) in [5.74, 6) is -0.116. The van der Waals surface area contributed by atoms with Crippen molar-refractivity contribution in [1.29, 1.82) is 0 Å². The second-order valence-electron chi connectivity index (χ2n) is 5.71. The van der Waals surface area contributed by atoms with Gasteiger partial charge in [-0.2, -0.15) is 0 Å². The van der Waals surface area contributed by atoms with E-state index in [9.17, 15) is 4.79 Å². The first kappa shape index (κ1) is 15.5. The maximum absolute atomic E-state index is 12.5. The predicted molar refractivity (Wildman–Crippen MR) is 101 cm³/mol. The van der Waals surface area contributed by atoms with E-state index in [2.05, 4.69) is 39.8 Å². The number of benzene rings is 2. The lowest BCUT2D eigenvalue weighted by Crippen LogP contribution is -2.19. The van der Waals surface area contributed by atoms with Crippen molar-refractivity contribution in [2.75, 3.05) is 5.32 Å². The van der Waals surface area contributed by atoms with Crippen molar-refractivity contribution < 1.29 is 4.79 Å². The molecule has 0 unspecified atom stereocenters. The third-order valence-electron chi connectivity index (χ3n) is 3.95. The van der Waals surface area contributed by atoms with Gasteiger partial charge in [0.1, 0.15) is 11.6 Å². The summed E-state index contributed by atoms with van der Waals surface area (Å²) in [6.45, 7) is 2.08.